The molecule has 0 spiro atoms. The molecule has 0 aliphatic heterocycles. The number of halogens is 2. The first-order chi connectivity index (χ1) is 6.53. The van der Waals surface area contributed by atoms with Crippen molar-refractivity contribution in [2.45, 2.75) is 12.3 Å². The van der Waals surface area contributed by atoms with Gasteiger partial charge in [0.15, 0.2) is 0 Å². The first kappa shape index (κ1) is 11.1. The highest BCUT2D eigenvalue weighted by Crippen LogP contribution is 2.25. The Morgan fingerprint density at radius 2 is 1.79 bits per heavy atom. The van der Waals surface area contributed by atoms with Gasteiger partial charge in [-0.05, 0) is 11.6 Å². The largest absolute Gasteiger partial charge is 0.395 e. The molecule has 0 radical (unpaired) electrons. The summed E-state index contributed by atoms with van der Waals surface area (Å²) in [6.07, 6.45) is 0. The third-order valence-electron chi connectivity index (χ3n) is 2.28. The van der Waals surface area contributed by atoms with E-state index >= 15 is 0 Å². The van der Waals surface area contributed by atoms with Crippen LogP contribution in [0.1, 0.15) is 12.5 Å². The molecule has 0 saturated carbocycles. The fraction of sp³-hybridized carbons (Fsp3) is 0.400. The highest BCUT2D eigenvalue weighted by Gasteiger charge is 2.28. The lowest BCUT2D eigenvalue weighted by molar-refractivity contribution is 0.126. The number of hydrogen-bond acceptors (Lipinski definition) is 2. The molecule has 78 valence electrons. The zero-order valence-electron chi connectivity index (χ0n) is 7.80. The van der Waals surface area contributed by atoms with E-state index in [1.54, 1.807) is 0 Å². The van der Waals surface area contributed by atoms with Crippen LogP contribution in [0.5, 0.6) is 0 Å². The maximum absolute atomic E-state index is 13.3. The monoisotopic (exact) mass is 202 g/mol. The van der Waals surface area contributed by atoms with Gasteiger partial charge in [0.1, 0.15) is 11.6 Å². The van der Waals surface area contributed by atoms with Crippen LogP contribution < -0.4 is 0 Å². The summed E-state index contributed by atoms with van der Waals surface area (Å²) in [7, 11) is 0. The smallest absolute Gasteiger partial charge is 0.130 e. The molecule has 14 heavy (non-hydrogen) atoms. The van der Waals surface area contributed by atoms with Crippen LogP contribution in [-0.2, 0) is 5.41 Å². The van der Waals surface area contributed by atoms with Crippen LogP contribution in [0.4, 0.5) is 8.78 Å². The van der Waals surface area contributed by atoms with Gasteiger partial charge in [0, 0.05) is 11.5 Å². The Balaban J connectivity index is 3.17. The summed E-state index contributed by atoms with van der Waals surface area (Å²) in [5, 5.41) is 18.0. The van der Waals surface area contributed by atoms with Crippen molar-refractivity contribution >= 4 is 0 Å². The molecule has 0 bridgehead atoms. The van der Waals surface area contributed by atoms with Crippen LogP contribution in [0.3, 0.4) is 0 Å². The SMILES string of the molecule is CC(CO)(CO)c1ccc(F)cc1F. The molecule has 1 rings (SSSR count). The van der Waals surface area contributed by atoms with E-state index in [1.165, 1.54) is 13.0 Å². The zero-order chi connectivity index (χ0) is 10.8. The van der Waals surface area contributed by atoms with Gasteiger partial charge < -0.3 is 10.2 Å². The lowest BCUT2D eigenvalue weighted by Gasteiger charge is -2.25. The van der Waals surface area contributed by atoms with Crippen LogP contribution in [0.15, 0.2) is 18.2 Å². The van der Waals surface area contributed by atoms with Crippen molar-refractivity contribution in [2.75, 3.05) is 13.2 Å². The van der Waals surface area contributed by atoms with E-state index in [9.17, 15) is 8.78 Å². The minimum atomic E-state index is -1.07. The molecule has 0 heterocycles. The van der Waals surface area contributed by atoms with Gasteiger partial charge in [-0.2, -0.15) is 0 Å². The van der Waals surface area contributed by atoms with Crippen LogP contribution >= 0.6 is 0 Å². The molecule has 0 aliphatic rings. The number of benzene rings is 1. The Labute approximate surface area is 80.8 Å². The third kappa shape index (κ3) is 1.91. The second-order valence-corrected chi connectivity index (χ2v) is 3.50. The molecule has 0 fully saturated rings. The van der Waals surface area contributed by atoms with Crippen LogP contribution in [0.2, 0.25) is 0 Å². The van der Waals surface area contributed by atoms with Crippen molar-refractivity contribution in [3.05, 3.63) is 35.4 Å². The molecule has 0 saturated heterocycles. The van der Waals surface area contributed by atoms with E-state index in [-0.39, 0.29) is 5.56 Å². The molecule has 0 unspecified atom stereocenters. The molecule has 0 aliphatic carbocycles. The van der Waals surface area contributed by atoms with Crippen LogP contribution in [0.25, 0.3) is 0 Å². The van der Waals surface area contributed by atoms with Gasteiger partial charge in [0.2, 0.25) is 0 Å². The average Bonchev–Trinajstić information content (AvgIpc) is 2.17. The van der Waals surface area contributed by atoms with E-state index in [0.717, 1.165) is 12.1 Å². The van der Waals surface area contributed by atoms with Gasteiger partial charge >= 0.3 is 0 Å². The number of aliphatic hydroxyl groups is 2. The first-order valence-electron chi connectivity index (χ1n) is 4.21. The Bertz CT molecular complexity index is 322. The summed E-state index contributed by atoms with van der Waals surface area (Å²) < 4.78 is 25.8. The van der Waals surface area contributed by atoms with Crippen molar-refractivity contribution in [1.82, 2.24) is 0 Å². The van der Waals surface area contributed by atoms with Crippen molar-refractivity contribution in [2.24, 2.45) is 0 Å². The normalized spacial score (nSPS) is 11.8. The van der Waals surface area contributed by atoms with Gasteiger partial charge in [-0.25, -0.2) is 8.78 Å². The predicted molar refractivity (Wildman–Crippen MR) is 47.9 cm³/mol. The number of hydrogen-bond donors (Lipinski definition) is 2. The van der Waals surface area contributed by atoms with E-state index in [4.69, 9.17) is 10.2 Å². The minimum absolute atomic E-state index is 0.115. The molecule has 0 atom stereocenters. The van der Waals surface area contributed by atoms with E-state index in [2.05, 4.69) is 0 Å². The molecule has 0 amide bonds. The average molecular weight is 202 g/mol. The van der Waals surface area contributed by atoms with E-state index in [0.29, 0.717) is 0 Å². The van der Waals surface area contributed by atoms with Gasteiger partial charge in [-0.3, -0.25) is 0 Å². The van der Waals surface area contributed by atoms with Gasteiger partial charge in [0.05, 0.1) is 13.2 Å². The molecular formula is C10H12F2O2. The summed E-state index contributed by atoms with van der Waals surface area (Å²) in [6.45, 7) is 0.710. The van der Waals surface area contributed by atoms with E-state index in [1.807, 2.05) is 0 Å². The highest BCUT2D eigenvalue weighted by molar-refractivity contribution is 5.27. The maximum atomic E-state index is 13.3. The molecular weight excluding hydrogens is 190 g/mol. The van der Waals surface area contributed by atoms with Crippen LogP contribution in [-0.4, -0.2) is 23.4 Å². The Morgan fingerprint density at radius 3 is 2.21 bits per heavy atom. The number of aliphatic hydroxyl groups excluding tert-OH is 2. The summed E-state index contributed by atoms with van der Waals surface area (Å²) in [5.41, 5.74) is -0.957. The Morgan fingerprint density at radius 1 is 1.21 bits per heavy atom. The molecule has 2 N–H and O–H groups in total. The number of rotatable bonds is 3. The second-order valence-electron chi connectivity index (χ2n) is 3.50. The summed E-state index contributed by atoms with van der Waals surface area (Å²) >= 11 is 0. The molecule has 1 aromatic rings. The fourth-order valence-corrected chi connectivity index (χ4v) is 1.20. The fourth-order valence-electron chi connectivity index (χ4n) is 1.20. The van der Waals surface area contributed by atoms with Crippen molar-refractivity contribution in [3.63, 3.8) is 0 Å². The van der Waals surface area contributed by atoms with Crippen molar-refractivity contribution in [3.8, 4) is 0 Å². The standard InChI is InChI=1S/C10H12F2O2/c1-10(5-13,6-14)8-3-2-7(11)4-9(8)12/h2-4,13-14H,5-6H2,1H3. The maximum Gasteiger partial charge on any atom is 0.130 e. The zero-order valence-corrected chi connectivity index (χ0v) is 7.80. The second kappa shape index (κ2) is 4.02. The van der Waals surface area contributed by atoms with Gasteiger partial charge in [-0.15, -0.1) is 0 Å². The summed E-state index contributed by atoms with van der Waals surface area (Å²) in [5.74, 6) is -1.43. The molecule has 0 aromatic heterocycles. The Kier molecular flexibility index (Phi) is 3.18. The third-order valence-corrected chi connectivity index (χ3v) is 2.28. The van der Waals surface area contributed by atoms with Gasteiger partial charge in [-0.1, -0.05) is 13.0 Å². The summed E-state index contributed by atoms with van der Waals surface area (Å²) in [6, 6.07) is 3.07. The minimum Gasteiger partial charge on any atom is -0.395 e. The van der Waals surface area contributed by atoms with E-state index < -0.39 is 30.3 Å². The predicted octanol–water partition coefficient (Wildman–Crippen LogP) is 1.21. The van der Waals surface area contributed by atoms with Gasteiger partial charge in [0.25, 0.3) is 0 Å². The topological polar surface area (TPSA) is 40.5 Å². The lowest BCUT2D eigenvalue weighted by Crippen LogP contribution is -2.32. The summed E-state index contributed by atoms with van der Waals surface area (Å²) in [4.78, 5) is 0. The molecule has 1 aromatic carbocycles. The first-order valence-corrected chi connectivity index (χ1v) is 4.21. The van der Waals surface area contributed by atoms with Crippen molar-refractivity contribution < 1.29 is 19.0 Å². The Hall–Kier alpha value is -1.00. The van der Waals surface area contributed by atoms with Crippen molar-refractivity contribution in [1.29, 1.82) is 0 Å². The quantitative estimate of drug-likeness (QED) is 0.773. The molecule has 2 nitrogen and oxygen atoms in total. The molecule has 4 heteroatoms. The lowest BCUT2D eigenvalue weighted by atomic mass is 9.84. The van der Waals surface area contributed by atoms with Crippen LogP contribution in [0, 0.1) is 11.6 Å². The highest BCUT2D eigenvalue weighted by atomic mass is 19.1.